The minimum atomic E-state index is -3.78. The van der Waals surface area contributed by atoms with Crippen LogP contribution in [0.4, 0.5) is 8.78 Å². The number of carboxylic acids is 1. The molecule has 0 bridgehead atoms. The molecule has 1 aromatic carbocycles. The van der Waals surface area contributed by atoms with Gasteiger partial charge in [0.1, 0.15) is 0 Å². The lowest BCUT2D eigenvalue weighted by Gasteiger charge is -2.09. The maximum Gasteiger partial charge on any atom is 0.374 e. The number of H-pyrrole nitrogens is 1. The van der Waals surface area contributed by atoms with E-state index in [2.05, 4.69) is 10.2 Å². The van der Waals surface area contributed by atoms with Gasteiger partial charge in [-0.25, -0.2) is 4.79 Å². The fourth-order valence-corrected chi connectivity index (χ4v) is 1.45. The van der Waals surface area contributed by atoms with Crippen LogP contribution in [-0.4, -0.2) is 27.2 Å². The number of para-hydroxylation sites is 1. The normalized spacial score (nSPS) is 11.9. The van der Waals surface area contributed by atoms with Gasteiger partial charge in [0.15, 0.2) is 0 Å². The molecule has 0 spiro atoms. The smallest absolute Gasteiger partial charge is 0.374 e. The highest BCUT2D eigenvalue weighted by atomic mass is 19.3. The molecule has 16 heavy (non-hydrogen) atoms. The highest BCUT2D eigenvalue weighted by Gasteiger charge is 2.39. The first kappa shape index (κ1) is 10.5. The molecule has 84 valence electrons. The van der Waals surface area contributed by atoms with Gasteiger partial charge in [-0.3, -0.25) is 5.10 Å². The number of aliphatic carboxylic acids is 1. The molecule has 0 amide bonds. The Hall–Kier alpha value is -1.98. The van der Waals surface area contributed by atoms with Gasteiger partial charge >= 0.3 is 11.9 Å². The number of nitrogens with zero attached hydrogens (tertiary/aromatic N) is 1. The van der Waals surface area contributed by atoms with Crippen LogP contribution in [0.2, 0.25) is 0 Å². The van der Waals surface area contributed by atoms with E-state index in [1.807, 2.05) is 0 Å². The number of carbonyl (C=O) groups is 1. The molecule has 0 atom stereocenters. The molecule has 2 rings (SSSR count). The van der Waals surface area contributed by atoms with Gasteiger partial charge in [-0.2, -0.15) is 13.9 Å². The second-order valence-electron chi connectivity index (χ2n) is 3.41. The molecule has 2 N–H and O–H groups in total. The lowest BCUT2D eigenvalue weighted by atomic mass is 10.1. The van der Waals surface area contributed by atoms with Gasteiger partial charge in [0.2, 0.25) is 0 Å². The lowest BCUT2D eigenvalue weighted by molar-refractivity contribution is -0.164. The summed E-state index contributed by atoms with van der Waals surface area (Å²) in [5.41, 5.74) is 0.668. The predicted molar refractivity (Wildman–Crippen MR) is 52.4 cm³/mol. The number of benzene rings is 1. The molecule has 6 heteroatoms. The summed E-state index contributed by atoms with van der Waals surface area (Å²) < 4.78 is 26.0. The van der Waals surface area contributed by atoms with Crippen molar-refractivity contribution in [3.63, 3.8) is 0 Å². The number of aromatic nitrogens is 2. The van der Waals surface area contributed by atoms with Crippen molar-refractivity contribution in [3.05, 3.63) is 30.0 Å². The monoisotopic (exact) mass is 226 g/mol. The Morgan fingerprint density at radius 2 is 2.12 bits per heavy atom. The largest absolute Gasteiger partial charge is 0.477 e. The van der Waals surface area contributed by atoms with E-state index in [1.54, 1.807) is 24.3 Å². The second kappa shape index (κ2) is 3.55. The zero-order valence-electron chi connectivity index (χ0n) is 8.08. The molecule has 1 aromatic heterocycles. The molecular weight excluding hydrogens is 218 g/mol. The van der Waals surface area contributed by atoms with Crippen molar-refractivity contribution in [2.45, 2.75) is 12.3 Å². The quantitative estimate of drug-likeness (QED) is 0.838. The van der Waals surface area contributed by atoms with Crippen LogP contribution in [0.25, 0.3) is 10.9 Å². The minimum Gasteiger partial charge on any atom is -0.477 e. The fraction of sp³-hybridized carbons (Fsp3) is 0.200. The first-order chi connectivity index (χ1) is 7.50. The summed E-state index contributed by atoms with van der Waals surface area (Å²) in [6.07, 6.45) is -0.886. The van der Waals surface area contributed by atoms with Gasteiger partial charge in [0, 0.05) is 11.1 Å². The van der Waals surface area contributed by atoms with Crippen molar-refractivity contribution >= 4 is 16.9 Å². The van der Waals surface area contributed by atoms with Crippen molar-refractivity contribution < 1.29 is 18.7 Å². The summed E-state index contributed by atoms with van der Waals surface area (Å²) in [6.45, 7) is 0. The van der Waals surface area contributed by atoms with E-state index in [0.717, 1.165) is 0 Å². The molecule has 0 radical (unpaired) electrons. The van der Waals surface area contributed by atoms with Gasteiger partial charge in [-0.05, 0) is 6.07 Å². The summed E-state index contributed by atoms with van der Waals surface area (Å²) >= 11 is 0. The average Bonchev–Trinajstić information content (AvgIpc) is 2.61. The zero-order chi connectivity index (χ0) is 11.8. The van der Waals surface area contributed by atoms with E-state index in [1.165, 1.54) is 0 Å². The lowest BCUT2D eigenvalue weighted by Crippen LogP contribution is -2.30. The van der Waals surface area contributed by atoms with Gasteiger partial charge < -0.3 is 5.11 Å². The van der Waals surface area contributed by atoms with Gasteiger partial charge in [-0.1, -0.05) is 18.2 Å². The molecule has 0 saturated carbocycles. The molecule has 0 aliphatic rings. The zero-order valence-corrected chi connectivity index (χ0v) is 8.08. The maximum absolute atomic E-state index is 13.0. The standard InChI is InChI=1S/C10H8F2N2O2/c11-10(12,9(15)16)5-8-6-3-1-2-4-7(6)13-14-8/h1-4H,5H2,(H,13,14)(H,15,16). The first-order valence-corrected chi connectivity index (χ1v) is 4.54. The number of rotatable bonds is 3. The Labute approximate surface area is 88.9 Å². The number of alkyl halides is 2. The van der Waals surface area contributed by atoms with Crippen LogP contribution in [0.15, 0.2) is 24.3 Å². The van der Waals surface area contributed by atoms with Crippen molar-refractivity contribution in [3.8, 4) is 0 Å². The van der Waals surface area contributed by atoms with Crippen LogP contribution in [0, 0.1) is 0 Å². The SMILES string of the molecule is O=C(O)C(F)(F)Cc1[nH]nc2ccccc12. The molecule has 0 saturated heterocycles. The average molecular weight is 226 g/mol. The summed E-state index contributed by atoms with van der Waals surface area (Å²) in [7, 11) is 0. The third kappa shape index (κ3) is 1.73. The Bertz CT molecular complexity index is 536. The van der Waals surface area contributed by atoms with E-state index in [-0.39, 0.29) is 5.69 Å². The number of fused-ring (bicyclic) bond motifs is 1. The summed E-state index contributed by atoms with van der Waals surface area (Å²) in [5.74, 6) is -5.92. The van der Waals surface area contributed by atoms with Gasteiger partial charge in [0.05, 0.1) is 11.9 Å². The summed E-state index contributed by atoms with van der Waals surface area (Å²) in [6, 6.07) is 6.68. The highest BCUT2D eigenvalue weighted by molar-refractivity contribution is 5.82. The van der Waals surface area contributed by atoms with Crippen molar-refractivity contribution in [2.75, 3.05) is 0 Å². The van der Waals surface area contributed by atoms with Crippen LogP contribution in [-0.2, 0) is 11.2 Å². The third-order valence-electron chi connectivity index (χ3n) is 2.25. The molecule has 0 fully saturated rings. The fourth-order valence-electron chi connectivity index (χ4n) is 1.45. The number of hydrogen-bond donors (Lipinski definition) is 2. The Morgan fingerprint density at radius 3 is 2.81 bits per heavy atom. The number of nitrogens with one attached hydrogen (secondary N) is 1. The van der Waals surface area contributed by atoms with E-state index < -0.39 is 18.3 Å². The Balaban J connectivity index is 2.38. The highest BCUT2D eigenvalue weighted by Crippen LogP contribution is 2.24. The van der Waals surface area contributed by atoms with E-state index in [4.69, 9.17) is 5.11 Å². The molecule has 0 aliphatic heterocycles. The van der Waals surface area contributed by atoms with E-state index >= 15 is 0 Å². The number of carboxylic acid groups (broad SMARTS) is 1. The third-order valence-corrected chi connectivity index (χ3v) is 2.25. The van der Waals surface area contributed by atoms with Gasteiger partial charge in [0.25, 0.3) is 0 Å². The Kier molecular flexibility index (Phi) is 2.34. The van der Waals surface area contributed by atoms with Crippen LogP contribution >= 0.6 is 0 Å². The Morgan fingerprint density at radius 1 is 1.44 bits per heavy atom. The summed E-state index contributed by atoms with van der Waals surface area (Å²) in [4.78, 5) is 10.3. The second-order valence-corrected chi connectivity index (χ2v) is 3.41. The summed E-state index contributed by atoms with van der Waals surface area (Å²) in [5, 5.41) is 15.1. The minimum absolute atomic E-state index is 0.128. The van der Waals surface area contributed by atoms with Crippen LogP contribution in [0.3, 0.4) is 0 Å². The maximum atomic E-state index is 13.0. The molecule has 2 aromatic rings. The molecule has 1 heterocycles. The molecular formula is C10H8F2N2O2. The van der Waals surface area contributed by atoms with Crippen molar-refractivity contribution in [1.82, 2.24) is 10.2 Å². The van der Waals surface area contributed by atoms with Crippen LogP contribution in [0.1, 0.15) is 5.69 Å². The van der Waals surface area contributed by atoms with Crippen molar-refractivity contribution in [1.29, 1.82) is 0 Å². The topological polar surface area (TPSA) is 66.0 Å². The van der Waals surface area contributed by atoms with Gasteiger partial charge in [-0.15, -0.1) is 0 Å². The number of halogens is 2. The number of hydrogen-bond acceptors (Lipinski definition) is 2. The van der Waals surface area contributed by atoms with E-state index in [9.17, 15) is 13.6 Å². The molecule has 4 nitrogen and oxygen atoms in total. The first-order valence-electron chi connectivity index (χ1n) is 4.54. The van der Waals surface area contributed by atoms with E-state index in [0.29, 0.717) is 10.9 Å². The number of aromatic amines is 1. The molecule has 0 aliphatic carbocycles. The van der Waals surface area contributed by atoms with Crippen LogP contribution in [0.5, 0.6) is 0 Å². The predicted octanol–water partition coefficient (Wildman–Crippen LogP) is 1.83. The van der Waals surface area contributed by atoms with Crippen molar-refractivity contribution in [2.24, 2.45) is 0 Å². The van der Waals surface area contributed by atoms with Crippen LogP contribution < -0.4 is 0 Å². The molecule has 0 unspecified atom stereocenters.